The lowest BCUT2D eigenvalue weighted by atomic mass is 9.88. The second kappa shape index (κ2) is 5.64. The van der Waals surface area contributed by atoms with E-state index < -0.39 is 0 Å². The van der Waals surface area contributed by atoms with E-state index in [0.717, 1.165) is 13.0 Å². The molecule has 108 valence electrons. The van der Waals surface area contributed by atoms with Crippen molar-refractivity contribution < 1.29 is 0 Å². The van der Waals surface area contributed by atoms with E-state index in [9.17, 15) is 0 Å². The molecule has 1 aliphatic heterocycles. The summed E-state index contributed by atoms with van der Waals surface area (Å²) in [5.41, 5.74) is 5.36. The molecule has 0 radical (unpaired) electrons. The van der Waals surface area contributed by atoms with Gasteiger partial charge in [-0.1, -0.05) is 48.5 Å². The van der Waals surface area contributed by atoms with Crippen molar-refractivity contribution in [2.75, 3.05) is 11.4 Å². The lowest BCUT2D eigenvalue weighted by molar-refractivity contribution is 0.651. The van der Waals surface area contributed by atoms with Crippen molar-refractivity contribution in [1.29, 1.82) is 0 Å². The third-order valence-corrected chi connectivity index (χ3v) is 4.37. The molecule has 2 heteroatoms. The second-order valence-corrected chi connectivity index (χ2v) is 5.67. The maximum absolute atomic E-state index is 4.33. The maximum atomic E-state index is 4.33. The Hall–Kier alpha value is -2.61. The summed E-state index contributed by atoms with van der Waals surface area (Å²) in [7, 11) is 0. The zero-order chi connectivity index (χ0) is 14.8. The quantitative estimate of drug-likeness (QED) is 0.700. The molecule has 0 saturated carbocycles. The fourth-order valence-electron chi connectivity index (χ4n) is 3.36. The standard InChI is InChI=1S/C20H18N2/c1-2-9-18(10-3-1)22-14-12-16-7-4-5-11-19(16)20(22)17-8-6-13-21-15-17/h1-11,13,15,20H,12,14H2. The predicted octanol–water partition coefficient (Wildman–Crippen LogP) is 4.23. The molecule has 22 heavy (non-hydrogen) atoms. The first-order valence-electron chi connectivity index (χ1n) is 7.73. The van der Waals surface area contributed by atoms with Crippen molar-refractivity contribution in [2.45, 2.75) is 12.5 Å². The molecular formula is C20H18N2. The highest BCUT2D eigenvalue weighted by Crippen LogP contribution is 2.37. The summed E-state index contributed by atoms with van der Waals surface area (Å²) >= 11 is 0. The Morgan fingerprint density at radius 3 is 2.50 bits per heavy atom. The van der Waals surface area contributed by atoms with Gasteiger partial charge in [-0.3, -0.25) is 4.98 Å². The lowest BCUT2D eigenvalue weighted by Gasteiger charge is -2.39. The summed E-state index contributed by atoms with van der Waals surface area (Å²) in [4.78, 5) is 6.82. The lowest BCUT2D eigenvalue weighted by Crippen LogP contribution is -2.36. The van der Waals surface area contributed by atoms with Crippen molar-refractivity contribution >= 4 is 5.69 Å². The van der Waals surface area contributed by atoms with E-state index >= 15 is 0 Å². The van der Waals surface area contributed by atoms with Gasteiger partial charge in [0.25, 0.3) is 0 Å². The Balaban J connectivity index is 1.86. The first-order chi connectivity index (χ1) is 10.9. The van der Waals surface area contributed by atoms with Crippen molar-refractivity contribution in [3.05, 3.63) is 95.8 Å². The molecule has 1 aromatic heterocycles. The highest BCUT2D eigenvalue weighted by atomic mass is 15.2. The molecule has 2 aromatic carbocycles. The minimum atomic E-state index is 0.237. The van der Waals surface area contributed by atoms with Crippen molar-refractivity contribution in [3.8, 4) is 0 Å². The van der Waals surface area contributed by atoms with Crippen LogP contribution in [0.2, 0.25) is 0 Å². The Kier molecular flexibility index (Phi) is 3.36. The Morgan fingerprint density at radius 1 is 0.864 bits per heavy atom. The van der Waals surface area contributed by atoms with Gasteiger partial charge in [-0.15, -0.1) is 0 Å². The molecule has 1 unspecified atom stereocenters. The molecule has 0 aliphatic carbocycles. The zero-order valence-corrected chi connectivity index (χ0v) is 12.4. The molecular weight excluding hydrogens is 268 g/mol. The first kappa shape index (κ1) is 13.1. The van der Waals surface area contributed by atoms with Gasteiger partial charge in [0.05, 0.1) is 6.04 Å². The molecule has 1 atom stereocenters. The molecule has 0 saturated heterocycles. The van der Waals surface area contributed by atoms with Gasteiger partial charge < -0.3 is 4.90 Å². The minimum absolute atomic E-state index is 0.237. The summed E-state index contributed by atoms with van der Waals surface area (Å²) in [6.07, 6.45) is 4.91. The van der Waals surface area contributed by atoms with Crippen molar-refractivity contribution in [2.24, 2.45) is 0 Å². The van der Waals surface area contributed by atoms with Gasteiger partial charge in [0.15, 0.2) is 0 Å². The third-order valence-electron chi connectivity index (χ3n) is 4.37. The number of pyridine rings is 1. The highest BCUT2D eigenvalue weighted by Gasteiger charge is 2.28. The number of benzene rings is 2. The Bertz CT molecular complexity index is 753. The molecule has 0 N–H and O–H groups in total. The molecule has 0 amide bonds. The van der Waals surface area contributed by atoms with Crippen LogP contribution < -0.4 is 4.90 Å². The number of rotatable bonds is 2. The minimum Gasteiger partial charge on any atom is -0.360 e. The van der Waals surface area contributed by atoms with Crippen LogP contribution in [0, 0.1) is 0 Å². The number of nitrogens with zero attached hydrogens (tertiary/aromatic N) is 2. The summed E-state index contributed by atoms with van der Waals surface area (Å²) in [6.45, 7) is 1.03. The van der Waals surface area contributed by atoms with E-state index in [1.165, 1.54) is 22.4 Å². The van der Waals surface area contributed by atoms with E-state index in [2.05, 4.69) is 70.5 Å². The number of fused-ring (bicyclic) bond motifs is 1. The number of aromatic nitrogens is 1. The Labute approximate surface area is 131 Å². The predicted molar refractivity (Wildman–Crippen MR) is 90.0 cm³/mol. The van der Waals surface area contributed by atoms with Crippen molar-refractivity contribution in [3.63, 3.8) is 0 Å². The smallest absolute Gasteiger partial charge is 0.0813 e. The second-order valence-electron chi connectivity index (χ2n) is 5.67. The van der Waals surface area contributed by atoms with E-state index in [1.54, 1.807) is 0 Å². The van der Waals surface area contributed by atoms with E-state index in [0.29, 0.717) is 0 Å². The average Bonchev–Trinajstić information content (AvgIpc) is 2.62. The van der Waals surface area contributed by atoms with Crippen LogP contribution in [0.3, 0.4) is 0 Å². The number of hydrogen-bond acceptors (Lipinski definition) is 2. The maximum Gasteiger partial charge on any atom is 0.0813 e. The van der Waals surface area contributed by atoms with Crippen LogP contribution in [-0.2, 0) is 6.42 Å². The monoisotopic (exact) mass is 286 g/mol. The topological polar surface area (TPSA) is 16.1 Å². The van der Waals surface area contributed by atoms with Crippen LogP contribution in [0.25, 0.3) is 0 Å². The van der Waals surface area contributed by atoms with Crippen LogP contribution >= 0.6 is 0 Å². The fourth-order valence-corrected chi connectivity index (χ4v) is 3.36. The summed E-state index contributed by atoms with van der Waals surface area (Å²) in [5.74, 6) is 0. The molecule has 4 rings (SSSR count). The van der Waals surface area contributed by atoms with Crippen LogP contribution in [0.4, 0.5) is 5.69 Å². The van der Waals surface area contributed by atoms with Gasteiger partial charge in [0.1, 0.15) is 0 Å². The SMILES string of the molecule is c1ccc(N2CCc3ccccc3C2c2cccnc2)cc1. The van der Waals surface area contributed by atoms with E-state index in [4.69, 9.17) is 0 Å². The van der Waals surface area contributed by atoms with Gasteiger partial charge in [0, 0.05) is 24.6 Å². The molecule has 1 aliphatic rings. The molecule has 3 aromatic rings. The summed E-state index contributed by atoms with van der Waals surface area (Å²) in [5, 5.41) is 0. The van der Waals surface area contributed by atoms with Gasteiger partial charge in [-0.25, -0.2) is 0 Å². The van der Waals surface area contributed by atoms with Crippen molar-refractivity contribution in [1.82, 2.24) is 4.98 Å². The number of hydrogen-bond donors (Lipinski definition) is 0. The van der Waals surface area contributed by atoms with Gasteiger partial charge in [0.2, 0.25) is 0 Å². The third kappa shape index (κ3) is 2.27. The average molecular weight is 286 g/mol. The summed E-state index contributed by atoms with van der Waals surface area (Å²) in [6, 6.07) is 23.9. The van der Waals surface area contributed by atoms with Crippen LogP contribution in [0.1, 0.15) is 22.7 Å². The molecule has 0 fully saturated rings. The molecule has 2 nitrogen and oxygen atoms in total. The van der Waals surface area contributed by atoms with E-state index in [-0.39, 0.29) is 6.04 Å². The molecule has 2 heterocycles. The summed E-state index contributed by atoms with van der Waals surface area (Å²) < 4.78 is 0. The Morgan fingerprint density at radius 2 is 1.68 bits per heavy atom. The van der Waals surface area contributed by atoms with Crippen LogP contribution in [0.5, 0.6) is 0 Å². The van der Waals surface area contributed by atoms with Gasteiger partial charge in [-0.2, -0.15) is 0 Å². The van der Waals surface area contributed by atoms with Gasteiger partial charge in [-0.05, 0) is 41.3 Å². The van der Waals surface area contributed by atoms with E-state index in [1.807, 2.05) is 18.5 Å². The van der Waals surface area contributed by atoms with Crippen LogP contribution in [0.15, 0.2) is 79.1 Å². The van der Waals surface area contributed by atoms with Crippen LogP contribution in [-0.4, -0.2) is 11.5 Å². The largest absolute Gasteiger partial charge is 0.360 e. The first-order valence-corrected chi connectivity index (χ1v) is 7.73. The number of anilines is 1. The molecule has 0 bridgehead atoms. The number of para-hydroxylation sites is 1. The van der Waals surface area contributed by atoms with Gasteiger partial charge >= 0.3 is 0 Å². The zero-order valence-electron chi connectivity index (χ0n) is 12.4. The highest BCUT2D eigenvalue weighted by molar-refractivity contribution is 5.55. The normalized spacial score (nSPS) is 17.1. The molecule has 0 spiro atoms. The fraction of sp³-hybridized carbons (Fsp3) is 0.150.